The van der Waals surface area contributed by atoms with Crippen molar-refractivity contribution in [2.75, 3.05) is 13.2 Å². The molecular formula is C12H21N3O. The highest BCUT2D eigenvalue weighted by molar-refractivity contribution is 5.03. The van der Waals surface area contributed by atoms with Crippen LogP contribution in [0.4, 0.5) is 0 Å². The van der Waals surface area contributed by atoms with Crippen molar-refractivity contribution in [3.05, 3.63) is 18.0 Å². The Morgan fingerprint density at radius 1 is 1.62 bits per heavy atom. The molecule has 0 spiro atoms. The molecule has 1 N–H and O–H groups in total. The van der Waals surface area contributed by atoms with Crippen LogP contribution in [0.25, 0.3) is 0 Å². The van der Waals surface area contributed by atoms with Gasteiger partial charge in [0.05, 0.1) is 12.3 Å². The van der Waals surface area contributed by atoms with Gasteiger partial charge >= 0.3 is 0 Å². The Morgan fingerprint density at radius 2 is 2.50 bits per heavy atom. The molecule has 1 aliphatic rings. The first-order valence-electron chi connectivity index (χ1n) is 6.11. The molecule has 1 aliphatic heterocycles. The summed E-state index contributed by atoms with van der Waals surface area (Å²) in [5.41, 5.74) is 1.24. The molecule has 0 saturated carbocycles. The summed E-state index contributed by atoms with van der Waals surface area (Å²) in [7, 11) is 0. The van der Waals surface area contributed by atoms with Crippen LogP contribution in [0.3, 0.4) is 0 Å². The van der Waals surface area contributed by atoms with Crippen molar-refractivity contribution in [2.24, 2.45) is 0 Å². The highest BCUT2D eigenvalue weighted by atomic mass is 16.5. The van der Waals surface area contributed by atoms with Crippen LogP contribution in [-0.2, 0) is 11.3 Å². The minimum absolute atomic E-state index is 0.417. The third-order valence-electron chi connectivity index (χ3n) is 2.91. The highest BCUT2D eigenvalue weighted by Crippen LogP contribution is 2.11. The van der Waals surface area contributed by atoms with Gasteiger partial charge in [-0.1, -0.05) is 0 Å². The standard InChI is InChI=1S/C12H21N3O/c1-10(2)15-9-11(7-14-15)6-13-8-12-4-3-5-16-12/h7,9-10,12-13H,3-6,8H2,1-2H3/t12-/m0/s1. The molecule has 0 radical (unpaired) electrons. The van der Waals surface area contributed by atoms with Crippen molar-refractivity contribution >= 4 is 0 Å². The molecule has 1 aromatic heterocycles. The third-order valence-corrected chi connectivity index (χ3v) is 2.91. The van der Waals surface area contributed by atoms with Crippen molar-refractivity contribution < 1.29 is 4.74 Å². The Labute approximate surface area is 97.0 Å². The predicted molar refractivity (Wildman–Crippen MR) is 63.3 cm³/mol. The van der Waals surface area contributed by atoms with E-state index in [0.717, 1.165) is 19.7 Å². The number of hydrogen-bond acceptors (Lipinski definition) is 3. The van der Waals surface area contributed by atoms with Crippen molar-refractivity contribution in [1.82, 2.24) is 15.1 Å². The van der Waals surface area contributed by atoms with E-state index in [-0.39, 0.29) is 0 Å². The van der Waals surface area contributed by atoms with E-state index in [0.29, 0.717) is 12.1 Å². The maximum Gasteiger partial charge on any atom is 0.0700 e. The largest absolute Gasteiger partial charge is 0.377 e. The molecule has 0 amide bonds. The molecule has 1 aromatic rings. The highest BCUT2D eigenvalue weighted by Gasteiger charge is 2.14. The second-order valence-corrected chi connectivity index (χ2v) is 4.69. The van der Waals surface area contributed by atoms with E-state index < -0.39 is 0 Å². The summed E-state index contributed by atoms with van der Waals surface area (Å²) in [6, 6.07) is 0.437. The molecule has 16 heavy (non-hydrogen) atoms. The topological polar surface area (TPSA) is 39.1 Å². The summed E-state index contributed by atoms with van der Waals surface area (Å²) in [5, 5.41) is 7.73. The van der Waals surface area contributed by atoms with Gasteiger partial charge in [-0.05, 0) is 26.7 Å². The number of ether oxygens (including phenoxy) is 1. The Kier molecular flexibility index (Phi) is 3.96. The third kappa shape index (κ3) is 3.06. The van der Waals surface area contributed by atoms with Crippen LogP contribution in [-0.4, -0.2) is 29.0 Å². The molecule has 0 aromatic carbocycles. The van der Waals surface area contributed by atoms with Crippen molar-refractivity contribution in [3.63, 3.8) is 0 Å². The van der Waals surface area contributed by atoms with Gasteiger partial charge in [-0.3, -0.25) is 4.68 Å². The molecule has 0 unspecified atom stereocenters. The fourth-order valence-electron chi connectivity index (χ4n) is 1.93. The minimum Gasteiger partial charge on any atom is -0.377 e. The van der Waals surface area contributed by atoms with E-state index in [4.69, 9.17) is 4.74 Å². The van der Waals surface area contributed by atoms with Crippen LogP contribution < -0.4 is 5.32 Å². The minimum atomic E-state index is 0.417. The van der Waals surface area contributed by atoms with Gasteiger partial charge in [0.2, 0.25) is 0 Å². The second-order valence-electron chi connectivity index (χ2n) is 4.69. The maximum atomic E-state index is 5.55. The molecule has 2 rings (SSSR count). The Hall–Kier alpha value is -0.870. The monoisotopic (exact) mass is 223 g/mol. The van der Waals surface area contributed by atoms with E-state index in [9.17, 15) is 0 Å². The SMILES string of the molecule is CC(C)n1cc(CNC[C@@H]2CCCO2)cn1. The summed E-state index contributed by atoms with van der Waals surface area (Å²) >= 11 is 0. The summed E-state index contributed by atoms with van der Waals surface area (Å²) in [5.74, 6) is 0. The average molecular weight is 223 g/mol. The van der Waals surface area contributed by atoms with E-state index in [1.54, 1.807) is 0 Å². The van der Waals surface area contributed by atoms with Crippen LogP contribution in [0.15, 0.2) is 12.4 Å². The fourth-order valence-corrected chi connectivity index (χ4v) is 1.93. The maximum absolute atomic E-state index is 5.55. The Bertz CT molecular complexity index is 316. The van der Waals surface area contributed by atoms with Crippen LogP contribution in [0.1, 0.15) is 38.3 Å². The first-order chi connectivity index (χ1) is 7.75. The van der Waals surface area contributed by atoms with E-state index >= 15 is 0 Å². The average Bonchev–Trinajstić information content (AvgIpc) is 2.87. The first-order valence-corrected chi connectivity index (χ1v) is 6.11. The zero-order valence-electron chi connectivity index (χ0n) is 10.1. The van der Waals surface area contributed by atoms with Gasteiger partial charge in [0, 0.05) is 37.5 Å². The van der Waals surface area contributed by atoms with Crippen molar-refractivity contribution in [2.45, 2.75) is 45.4 Å². The van der Waals surface area contributed by atoms with Crippen LogP contribution in [0.2, 0.25) is 0 Å². The van der Waals surface area contributed by atoms with Crippen LogP contribution >= 0.6 is 0 Å². The van der Waals surface area contributed by atoms with Gasteiger partial charge in [-0.15, -0.1) is 0 Å². The van der Waals surface area contributed by atoms with E-state index in [1.165, 1.54) is 18.4 Å². The molecular weight excluding hydrogens is 202 g/mol. The van der Waals surface area contributed by atoms with Gasteiger partial charge in [0.15, 0.2) is 0 Å². The van der Waals surface area contributed by atoms with Gasteiger partial charge in [0.1, 0.15) is 0 Å². The lowest BCUT2D eigenvalue weighted by molar-refractivity contribution is 0.110. The van der Waals surface area contributed by atoms with Crippen LogP contribution in [0, 0.1) is 0 Å². The number of nitrogens with one attached hydrogen (secondary N) is 1. The smallest absolute Gasteiger partial charge is 0.0700 e. The summed E-state index contributed by atoms with van der Waals surface area (Å²) in [4.78, 5) is 0. The molecule has 4 nitrogen and oxygen atoms in total. The summed E-state index contributed by atoms with van der Waals surface area (Å²) in [6.07, 6.45) is 6.85. The normalized spacial score (nSPS) is 20.8. The summed E-state index contributed by atoms with van der Waals surface area (Å²) in [6.45, 7) is 7.03. The quantitative estimate of drug-likeness (QED) is 0.826. The fraction of sp³-hybridized carbons (Fsp3) is 0.750. The second kappa shape index (κ2) is 5.46. The van der Waals surface area contributed by atoms with E-state index in [2.05, 4.69) is 30.5 Å². The lowest BCUT2D eigenvalue weighted by Crippen LogP contribution is -2.25. The zero-order chi connectivity index (χ0) is 11.4. The predicted octanol–water partition coefficient (Wildman–Crippen LogP) is 1.73. The molecule has 0 bridgehead atoms. The molecule has 1 fully saturated rings. The Balaban J connectivity index is 1.72. The van der Waals surface area contributed by atoms with Gasteiger partial charge in [0.25, 0.3) is 0 Å². The molecule has 1 atom stereocenters. The van der Waals surface area contributed by atoms with Gasteiger partial charge in [-0.2, -0.15) is 5.10 Å². The molecule has 0 aliphatic carbocycles. The number of aromatic nitrogens is 2. The molecule has 2 heterocycles. The van der Waals surface area contributed by atoms with Gasteiger partial charge in [-0.25, -0.2) is 0 Å². The lowest BCUT2D eigenvalue weighted by Gasteiger charge is -2.09. The molecule has 90 valence electrons. The molecule has 4 heteroatoms. The first kappa shape index (κ1) is 11.6. The lowest BCUT2D eigenvalue weighted by atomic mass is 10.2. The van der Waals surface area contributed by atoms with E-state index in [1.807, 2.05) is 10.9 Å². The van der Waals surface area contributed by atoms with Crippen molar-refractivity contribution in [1.29, 1.82) is 0 Å². The number of nitrogens with zero attached hydrogens (tertiary/aromatic N) is 2. The Morgan fingerprint density at radius 3 is 3.12 bits per heavy atom. The van der Waals surface area contributed by atoms with Crippen molar-refractivity contribution in [3.8, 4) is 0 Å². The number of hydrogen-bond donors (Lipinski definition) is 1. The zero-order valence-corrected chi connectivity index (χ0v) is 10.1. The van der Waals surface area contributed by atoms with Crippen LogP contribution in [0.5, 0.6) is 0 Å². The van der Waals surface area contributed by atoms with Gasteiger partial charge < -0.3 is 10.1 Å². The molecule has 1 saturated heterocycles. The summed E-state index contributed by atoms with van der Waals surface area (Å²) < 4.78 is 7.54. The number of rotatable bonds is 5.